The van der Waals surface area contributed by atoms with Crippen molar-refractivity contribution in [3.63, 3.8) is 0 Å². The molecule has 0 aliphatic rings. The molecule has 0 saturated carbocycles. The fourth-order valence-electron chi connectivity index (χ4n) is 1.48. The van der Waals surface area contributed by atoms with E-state index in [-0.39, 0.29) is 0 Å². The van der Waals surface area contributed by atoms with Gasteiger partial charge in [0.05, 0.1) is 11.4 Å². The van der Waals surface area contributed by atoms with Gasteiger partial charge >= 0.3 is 0 Å². The molecular formula is C12H15N5. The molecular weight excluding hydrogens is 214 g/mol. The second-order valence-electron chi connectivity index (χ2n) is 3.46. The molecule has 0 bridgehead atoms. The molecule has 2 rings (SSSR count). The van der Waals surface area contributed by atoms with Crippen molar-refractivity contribution < 1.29 is 0 Å². The molecule has 0 fully saturated rings. The van der Waals surface area contributed by atoms with E-state index in [0.29, 0.717) is 5.95 Å². The van der Waals surface area contributed by atoms with Gasteiger partial charge in [-0.15, -0.1) is 0 Å². The number of hydrogen-bond acceptors (Lipinski definition) is 5. The summed E-state index contributed by atoms with van der Waals surface area (Å²) in [6, 6.07) is 7.65. The van der Waals surface area contributed by atoms with Crippen molar-refractivity contribution in [1.29, 1.82) is 0 Å². The first-order valence-electron chi connectivity index (χ1n) is 5.55. The molecule has 2 aromatic rings. The summed E-state index contributed by atoms with van der Waals surface area (Å²) in [6.07, 6.45) is 1.75. The van der Waals surface area contributed by atoms with Crippen LogP contribution in [0.4, 0.5) is 11.8 Å². The molecule has 0 saturated heterocycles. The van der Waals surface area contributed by atoms with Gasteiger partial charge in [0.25, 0.3) is 0 Å². The third-order valence-electron chi connectivity index (χ3n) is 2.23. The van der Waals surface area contributed by atoms with Gasteiger partial charge < -0.3 is 10.6 Å². The monoisotopic (exact) mass is 229 g/mol. The van der Waals surface area contributed by atoms with Gasteiger partial charge in [-0.3, -0.25) is 4.98 Å². The summed E-state index contributed by atoms with van der Waals surface area (Å²) in [5.41, 5.74) is 1.64. The Hall–Kier alpha value is -2.17. The van der Waals surface area contributed by atoms with Gasteiger partial charge in [0.1, 0.15) is 5.82 Å². The Labute approximate surface area is 100 Å². The molecule has 0 radical (unpaired) electrons. The van der Waals surface area contributed by atoms with E-state index in [2.05, 4.69) is 25.6 Å². The van der Waals surface area contributed by atoms with E-state index in [0.717, 1.165) is 23.8 Å². The third-order valence-corrected chi connectivity index (χ3v) is 2.23. The minimum atomic E-state index is 0.587. The van der Waals surface area contributed by atoms with Crippen LogP contribution < -0.4 is 10.6 Å². The molecule has 5 heteroatoms. The van der Waals surface area contributed by atoms with Crippen molar-refractivity contribution in [2.45, 2.75) is 6.92 Å². The normalized spacial score (nSPS) is 10.0. The lowest BCUT2D eigenvalue weighted by Crippen LogP contribution is -2.04. The first kappa shape index (κ1) is 11.3. The molecule has 2 N–H and O–H groups in total. The standard InChI is InChI=1S/C12H15N5/c1-3-14-11-8-10(16-12(13-2)17-11)9-6-4-5-7-15-9/h4-8H,3H2,1-2H3,(H2,13,14,16,17). The van der Waals surface area contributed by atoms with Crippen molar-refractivity contribution in [3.05, 3.63) is 30.5 Å². The zero-order valence-corrected chi connectivity index (χ0v) is 9.94. The van der Waals surface area contributed by atoms with Gasteiger partial charge in [-0.2, -0.15) is 4.98 Å². The fourth-order valence-corrected chi connectivity index (χ4v) is 1.48. The van der Waals surface area contributed by atoms with E-state index >= 15 is 0 Å². The Morgan fingerprint density at radius 3 is 2.71 bits per heavy atom. The van der Waals surface area contributed by atoms with E-state index in [1.807, 2.05) is 31.2 Å². The molecule has 0 aliphatic carbocycles. The number of nitrogens with one attached hydrogen (secondary N) is 2. The lowest BCUT2D eigenvalue weighted by molar-refractivity contribution is 1.10. The molecule has 17 heavy (non-hydrogen) atoms. The van der Waals surface area contributed by atoms with Crippen LogP contribution >= 0.6 is 0 Å². The van der Waals surface area contributed by atoms with Gasteiger partial charge in [0, 0.05) is 25.9 Å². The maximum absolute atomic E-state index is 4.38. The molecule has 2 heterocycles. The Balaban J connectivity index is 2.43. The van der Waals surface area contributed by atoms with Crippen molar-refractivity contribution in [2.24, 2.45) is 0 Å². The SMILES string of the molecule is CCNc1cc(-c2ccccn2)nc(NC)n1. The predicted octanol–water partition coefficient (Wildman–Crippen LogP) is 2.01. The minimum Gasteiger partial charge on any atom is -0.370 e. The van der Waals surface area contributed by atoms with Crippen LogP contribution in [0.3, 0.4) is 0 Å². The summed E-state index contributed by atoms with van der Waals surface area (Å²) >= 11 is 0. The molecule has 2 aromatic heterocycles. The molecule has 0 atom stereocenters. The maximum atomic E-state index is 4.38. The van der Waals surface area contributed by atoms with Crippen LogP contribution in [0, 0.1) is 0 Å². The number of rotatable bonds is 4. The van der Waals surface area contributed by atoms with E-state index in [9.17, 15) is 0 Å². The summed E-state index contributed by atoms with van der Waals surface area (Å²) in [7, 11) is 1.80. The van der Waals surface area contributed by atoms with Crippen LogP contribution in [0.15, 0.2) is 30.5 Å². The largest absolute Gasteiger partial charge is 0.370 e. The fraction of sp³-hybridized carbons (Fsp3) is 0.250. The topological polar surface area (TPSA) is 62.7 Å². The lowest BCUT2D eigenvalue weighted by atomic mass is 10.2. The first-order chi connectivity index (χ1) is 8.33. The highest BCUT2D eigenvalue weighted by atomic mass is 15.1. The Kier molecular flexibility index (Phi) is 3.49. The number of nitrogens with zero attached hydrogens (tertiary/aromatic N) is 3. The van der Waals surface area contributed by atoms with Crippen LogP contribution in [0.25, 0.3) is 11.4 Å². The summed E-state index contributed by atoms with van der Waals surface area (Å²) in [6.45, 7) is 2.85. The number of pyridine rings is 1. The molecule has 0 aliphatic heterocycles. The van der Waals surface area contributed by atoms with Gasteiger partial charge in [-0.25, -0.2) is 4.98 Å². The molecule has 5 nitrogen and oxygen atoms in total. The lowest BCUT2D eigenvalue weighted by Gasteiger charge is -2.07. The smallest absolute Gasteiger partial charge is 0.224 e. The molecule has 0 unspecified atom stereocenters. The van der Waals surface area contributed by atoms with Crippen LogP contribution in [-0.2, 0) is 0 Å². The highest BCUT2D eigenvalue weighted by molar-refractivity contribution is 5.60. The Morgan fingerprint density at radius 1 is 1.18 bits per heavy atom. The molecule has 0 amide bonds. The Morgan fingerprint density at radius 2 is 2.06 bits per heavy atom. The summed E-state index contributed by atoms with van der Waals surface area (Å²) < 4.78 is 0. The average Bonchev–Trinajstić information content (AvgIpc) is 2.40. The summed E-state index contributed by atoms with van der Waals surface area (Å²) in [4.78, 5) is 13.0. The van der Waals surface area contributed by atoms with Crippen molar-refractivity contribution in [3.8, 4) is 11.4 Å². The van der Waals surface area contributed by atoms with Crippen molar-refractivity contribution in [2.75, 3.05) is 24.2 Å². The number of hydrogen-bond donors (Lipinski definition) is 2. The van der Waals surface area contributed by atoms with Gasteiger partial charge in [0.2, 0.25) is 5.95 Å². The Bertz CT molecular complexity index is 484. The van der Waals surface area contributed by atoms with Crippen LogP contribution in [0.5, 0.6) is 0 Å². The molecule has 0 spiro atoms. The summed E-state index contributed by atoms with van der Waals surface area (Å²) in [5, 5.41) is 6.12. The van der Waals surface area contributed by atoms with E-state index in [1.54, 1.807) is 13.2 Å². The third kappa shape index (κ3) is 2.69. The van der Waals surface area contributed by atoms with Gasteiger partial charge in [-0.05, 0) is 19.1 Å². The average molecular weight is 229 g/mol. The highest BCUT2D eigenvalue weighted by Gasteiger charge is 2.05. The zero-order valence-electron chi connectivity index (χ0n) is 9.94. The quantitative estimate of drug-likeness (QED) is 0.839. The van der Waals surface area contributed by atoms with Crippen LogP contribution in [0.1, 0.15) is 6.92 Å². The highest BCUT2D eigenvalue weighted by Crippen LogP contribution is 2.18. The van der Waals surface area contributed by atoms with Gasteiger partial charge in [-0.1, -0.05) is 6.07 Å². The van der Waals surface area contributed by atoms with E-state index < -0.39 is 0 Å². The first-order valence-corrected chi connectivity index (χ1v) is 5.55. The second kappa shape index (κ2) is 5.25. The van der Waals surface area contributed by atoms with Crippen molar-refractivity contribution >= 4 is 11.8 Å². The maximum Gasteiger partial charge on any atom is 0.224 e. The van der Waals surface area contributed by atoms with E-state index in [1.165, 1.54) is 0 Å². The summed E-state index contributed by atoms with van der Waals surface area (Å²) in [5.74, 6) is 1.39. The van der Waals surface area contributed by atoms with Crippen molar-refractivity contribution in [1.82, 2.24) is 15.0 Å². The van der Waals surface area contributed by atoms with Crippen LogP contribution in [-0.4, -0.2) is 28.5 Å². The van der Waals surface area contributed by atoms with E-state index in [4.69, 9.17) is 0 Å². The second-order valence-corrected chi connectivity index (χ2v) is 3.46. The van der Waals surface area contributed by atoms with Gasteiger partial charge in [0.15, 0.2) is 0 Å². The molecule has 0 aromatic carbocycles. The zero-order chi connectivity index (χ0) is 12.1. The number of aromatic nitrogens is 3. The predicted molar refractivity (Wildman–Crippen MR) is 69.0 cm³/mol. The minimum absolute atomic E-state index is 0.587. The molecule has 88 valence electrons. The number of anilines is 2. The van der Waals surface area contributed by atoms with Crippen LogP contribution in [0.2, 0.25) is 0 Å².